The molecule has 44 heavy (non-hydrogen) atoms. The Bertz CT molecular complexity index is 2480. The molecular weight excluding hydrogens is 532 g/mol. The van der Waals surface area contributed by atoms with E-state index in [2.05, 4.69) is 179 Å². The monoisotopic (exact) mass is 560 g/mol. The zero-order valence-electron chi connectivity index (χ0n) is 24.1. The molecule has 0 amide bonds. The van der Waals surface area contributed by atoms with Crippen LogP contribution in [0.15, 0.2) is 170 Å². The molecule has 0 bridgehead atoms. The highest BCUT2D eigenvalue weighted by molar-refractivity contribution is 6.15. The summed E-state index contributed by atoms with van der Waals surface area (Å²) >= 11 is 0. The van der Waals surface area contributed by atoms with Gasteiger partial charge in [0.2, 0.25) is 0 Å². The Labute approximate surface area is 255 Å². The van der Waals surface area contributed by atoms with E-state index in [9.17, 15) is 0 Å². The van der Waals surface area contributed by atoms with Crippen molar-refractivity contribution in [3.63, 3.8) is 0 Å². The first-order chi connectivity index (χ1) is 21.9. The van der Waals surface area contributed by atoms with E-state index < -0.39 is 0 Å². The molecule has 0 N–H and O–H groups in total. The normalized spacial score (nSPS) is 11.6. The van der Waals surface area contributed by atoms with Crippen LogP contribution in [0.4, 0.5) is 0 Å². The van der Waals surface area contributed by atoms with Crippen molar-refractivity contribution in [2.75, 3.05) is 0 Å². The molecule has 2 heterocycles. The van der Waals surface area contributed by atoms with Crippen molar-refractivity contribution in [1.82, 2.24) is 9.13 Å². The van der Waals surface area contributed by atoms with Crippen molar-refractivity contribution in [1.29, 1.82) is 0 Å². The molecule has 206 valence electrons. The van der Waals surface area contributed by atoms with Gasteiger partial charge >= 0.3 is 0 Å². The molecule has 0 saturated carbocycles. The van der Waals surface area contributed by atoms with E-state index in [1.54, 1.807) is 0 Å². The lowest BCUT2D eigenvalue weighted by Crippen LogP contribution is -1.96. The highest BCUT2D eigenvalue weighted by atomic mass is 15.0. The lowest BCUT2D eigenvalue weighted by Gasteiger charge is -2.15. The minimum Gasteiger partial charge on any atom is -0.309 e. The molecule has 2 heteroatoms. The Morgan fingerprint density at radius 3 is 1.52 bits per heavy atom. The van der Waals surface area contributed by atoms with Gasteiger partial charge in [0.25, 0.3) is 0 Å². The van der Waals surface area contributed by atoms with Crippen LogP contribution in [0.2, 0.25) is 0 Å². The van der Waals surface area contributed by atoms with Crippen LogP contribution in [0, 0.1) is 0 Å². The Morgan fingerprint density at radius 2 is 0.795 bits per heavy atom. The van der Waals surface area contributed by atoms with Crippen LogP contribution in [0.5, 0.6) is 0 Å². The van der Waals surface area contributed by atoms with E-state index in [1.165, 1.54) is 77.2 Å². The summed E-state index contributed by atoms with van der Waals surface area (Å²) in [4.78, 5) is 0. The van der Waals surface area contributed by atoms with Crippen LogP contribution in [0.25, 0.3) is 77.2 Å². The fourth-order valence-corrected chi connectivity index (χ4v) is 7.05. The summed E-state index contributed by atoms with van der Waals surface area (Å²) in [6.45, 7) is 0. The molecule has 0 aliphatic carbocycles. The van der Waals surface area contributed by atoms with Crippen molar-refractivity contribution >= 4 is 43.6 Å². The lowest BCUT2D eigenvalue weighted by atomic mass is 9.92. The van der Waals surface area contributed by atoms with E-state index in [0.717, 1.165) is 0 Å². The summed E-state index contributed by atoms with van der Waals surface area (Å²) in [5, 5.41) is 5.05. The van der Waals surface area contributed by atoms with Gasteiger partial charge in [0.05, 0.1) is 22.1 Å². The SMILES string of the molecule is c1ccc(-n2c3ccccc3c3cc(-c4ccccc4-c4cccc5c6ccccc6n(-c6ccccc6)c45)ccc32)cc1. The van der Waals surface area contributed by atoms with Crippen molar-refractivity contribution in [2.45, 2.75) is 0 Å². The molecule has 0 saturated heterocycles. The Morgan fingerprint density at radius 1 is 0.295 bits per heavy atom. The third kappa shape index (κ3) is 3.68. The molecule has 7 aromatic carbocycles. The highest BCUT2D eigenvalue weighted by Gasteiger charge is 2.19. The first-order valence-corrected chi connectivity index (χ1v) is 15.1. The molecule has 9 aromatic rings. The second-order valence-electron chi connectivity index (χ2n) is 11.4. The zero-order valence-corrected chi connectivity index (χ0v) is 24.1. The van der Waals surface area contributed by atoms with Gasteiger partial charge < -0.3 is 9.13 Å². The molecule has 0 fully saturated rings. The molecule has 9 rings (SSSR count). The summed E-state index contributed by atoms with van der Waals surface area (Å²) in [6.07, 6.45) is 0. The van der Waals surface area contributed by atoms with Crippen LogP contribution in [-0.2, 0) is 0 Å². The van der Waals surface area contributed by atoms with Crippen LogP contribution < -0.4 is 0 Å². The van der Waals surface area contributed by atoms with Crippen LogP contribution >= 0.6 is 0 Å². The smallest absolute Gasteiger partial charge is 0.0619 e. The third-order valence-corrected chi connectivity index (χ3v) is 8.92. The number of benzene rings is 7. The number of rotatable bonds is 4. The van der Waals surface area contributed by atoms with Gasteiger partial charge in [-0.1, -0.05) is 121 Å². The zero-order chi connectivity index (χ0) is 29.0. The molecule has 0 aliphatic heterocycles. The number of hydrogen-bond donors (Lipinski definition) is 0. The van der Waals surface area contributed by atoms with E-state index in [4.69, 9.17) is 0 Å². The average Bonchev–Trinajstić information content (AvgIpc) is 3.62. The van der Waals surface area contributed by atoms with Crippen LogP contribution in [0.3, 0.4) is 0 Å². The quantitative estimate of drug-likeness (QED) is 0.203. The van der Waals surface area contributed by atoms with Gasteiger partial charge in [0, 0.05) is 38.5 Å². The molecular formula is C42H28N2. The lowest BCUT2D eigenvalue weighted by molar-refractivity contribution is 1.18. The topological polar surface area (TPSA) is 9.86 Å². The maximum atomic E-state index is 2.42. The number of nitrogens with zero attached hydrogens (tertiary/aromatic N) is 2. The van der Waals surface area contributed by atoms with E-state index in [0.29, 0.717) is 0 Å². The maximum Gasteiger partial charge on any atom is 0.0619 e. The summed E-state index contributed by atoms with van der Waals surface area (Å²) in [6, 6.07) is 61.4. The van der Waals surface area contributed by atoms with E-state index >= 15 is 0 Å². The first kappa shape index (κ1) is 24.7. The molecule has 0 unspecified atom stereocenters. The Kier molecular flexibility index (Phi) is 5.54. The number of fused-ring (bicyclic) bond motifs is 6. The standard InChI is InChI=1S/C42H28N2/c1-3-14-30(15-4-1)43-39-24-11-10-21-35(39)38-28-29(26-27-41(38)43)32-18-7-8-19-33(32)36-22-13-23-37-34-20-9-12-25-40(34)44(42(36)37)31-16-5-2-6-17-31/h1-28H. The van der Waals surface area contributed by atoms with Crippen molar-refractivity contribution < 1.29 is 0 Å². The molecule has 2 nitrogen and oxygen atoms in total. The minimum absolute atomic E-state index is 1.17. The van der Waals surface area contributed by atoms with E-state index in [-0.39, 0.29) is 0 Å². The van der Waals surface area contributed by atoms with Crippen molar-refractivity contribution in [2.24, 2.45) is 0 Å². The average molecular weight is 561 g/mol. The fraction of sp³-hybridized carbons (Fsp3) is 0. The third-order valence-electron chi connectivity index (χ3n) is 8.92. The second-order valence-corrected chi connectivity index (χ2v) is 11.4. The number of aromatic nitrogens is 2. The van der Waals surface area contributed by atoms with E-state index in [1.807, 2.05) is 0 Å². The van der Waals surface area contributed by atoms with Crippen molar-refractivity contribution in [3.05, 3.63) is 170 Å². The summed E-state index contributed by atoms with van der Waals surface area (Å²) in [7, 11) is 0. The molecule has 0 atom stereocenters. The Balaban J connectivity index is 1.32. The van der Waals surface area contributed by atoms with Gasteiger partial charge in [0.1, 0.15) is 0 Å². The van der Waals surface area contributed by atoms with Gasteiger partial charge in [-0.15, -0.1) is 0 Å². The second kappa shape index (κ2) is 9.86. The largest absolute Gasteiger partial charge is 0.309 e. The Hall–Kier alpha value is -5.86. The predicted octanol–water partition coefficient (Wildman–Crippen LogP) is 11.2. The van der Waals surface area contributed by atoms with Gasteiger partial charge in [-0.05, 0) is 65.2 Å². The maximum absolute atomic E-state index is 2.42. The molecule has 0 aliphatic rings. The fourth-order valence-electron chi connectivity index (χ4n) is 7.05. The summed E-state index contributed by atoms with van der Waals surface area (Å²) in [5.41, 5.74) is 12.1. The predicted molar refractivity (Wildman–Crippen MR) is 186 cm³/mol. The first-order valence-electron chi connectivity index (χ1n) is 15.1. The van der Waals surface area contributed by atoms with Gasteiger partial charge in [0.15, 0.2) is 0 Å². The molecule has 2 aromatic heterocycles. The molecule has 0 radical (unpaired) electrons. The van der Waals surface area contributed by atoms with Gasteiger partial charge in [-0.3, -0.25) is 0 Å². The number of para-hydroxylation sites is 5. The molecule has 0 spiro atoms. The van der Waals surface area contributed by atoms with Gasteiger partial charge in [-0.25, -0.2) is 0 Å². The number of hydrogen-bond acceptors (Lipinski definition) is 0. The van der Waals surface area contributed by atoms with Crippen LogP contribution in [0.1, 0.15) is 0 Å². The van der Waals surface area contributed by atoms with Crippen molar-refractivity contribution in [3.8, 4) is 33.6 Å². The van der Waals surface area contributed by atoms with Gasteiger partial charge in [-0.2, -0.15) is 0 Å². The summed E-state index contributed by atoms with van der Waals surface area (Å²) in [5.74, 6) is 0. The highest BCUT2D eigenvalue weighted by Crippen LogP contribution is 2.42. The van der Waals surface area contributed by atoms with Crippen LogP contribution in [-0.4, -0.2) is 9.13 Å². The summed E-state index contributed by atoms with van der Waals surface area (Å²) < 4.78 is 4.80. The minimum atomic E-state index is 1.17.